The van der Waals surface area contributed by atoms with E-state index in [-0.39, 0.29) is 5.66 Å². The third-order valence-corrected chi connectivity index (χ3v) is 6.72. The fourth-order valence-corrected chi connectivity index (χ4v) is 4.92. The lowest BCUT2D eigenvalue weighted by Crippen LogP contribution is -2.12. The van der Waals surface area contributed by atoms with Crippen molar-refractivity contribution in [1.82, 2.24) is 0 Å². The van der Waals surface area contributed by atoms with Crippen molar-refractivity contribution >= 4 is 12.4 Å². The molecule has 2 atom stereocenters. The van der Waals surface area contributed by atoms with Crippen LogP contribution in [0, 0.1) is 0 Å². The first-order valence-electron chi connectivity index (χ1n) is 4.95. The Morgan fingerprint density at radius 2 is 1.93 bits per heavy atom. The monoisotopic (exact) mass is 206 g/mol. The van der Waals surface area contributed by atoms with Crippen molar-refractivity contribution < 1.29 is 4.57 Å². The van der Waals surface area contributed by atoms with Gasteiger partial charge in [-0.25, -0.2) is 0 Å². The van der Waals surface area contributed by atoms with Crippen LogP contribution in [0.3, 0.4) is 0 Å². The van der Waals surface area contributed by atoms with E-state index in [2.05, 4.69) is 19.9 Å². The highest BCUT2D eigenvalue weighted by atomic mass is 31.2. The molecule has 0 bridgehead atoms. The minimum absolute atomic E-state index is 0.227. The second kappa shape index (κ2) is 3.40. The van der Waals surface area contributed by atoms with Crippen molar-refractivity contribution in [3.8, 4) is 0 Å². The van der Waals surface area contributed by atoms with Crippen molar-refractivity contribution in [2.24, 2.45) is 0 Å². The van der Waals surface area contributed by atoms with E-state index in [9.17, 15) is 4.57 Å². The molecule has 14 heavy (non-hydrogen) atoms. The van der Waals surface area contributed by atoms with Crippen LogP contribution >= 0.6 is 7.14 Å². The molecule has 1 aliphatic heterocycles. The van der Waals surface area contributed by atoms with Crippen LogP contribution in [0.15, 0.2) is 42.0 Å². The molecule has 0 amide bonds. The summed E-state index contributed by atoms with van der Waals surface area (Å²) in [4.78, 5) is 0. The Kier molecular flexibility index (Phi) is 2.36. The van der Waals surface area contributed by atoms with Crippen molar-refractivity contribution in [2.75, 3.05) is 6.16 Å². The van der Waals surface area contributed by atoms with Crippen LogP contribution < -0.4 is 5.30 Å². The van der Waals surface area contributed by atoms with E-state index < -0.39 is 7.14 Å². The molecule has 0 aromatic heterocycles. The number of hydrogen-bond acceptors (Lipinski definition) is 1. The van der Waals surface area contributed by atoms with Crippen LogP contribution in [-0.4, -0.2) is 11.8 Å². The number of benzene rings is 1. The first kappa shape index (κ1) is 9.73. The summed E-state index contributed by atoms with van der Waals surface area (Å²) in [6.45, 7) is 4.15. The molecule has 1 aromatic rings. The molecule has 1 aromatic carbocycles. The first-order valence-corrected chi connectivity index (χ1v) is 6.92. The van der Waals surface area contributed by atoms with E-state index in [4.69, 9.17) is 0 Å². The second-order valence-electron chi connectivity index (χ2n) is 3.94. The molecule has 0 fully saturated rings. The number of allylic oxidation sites excluding steroid dienone is 2. The van der Waals surface area contributed by atoms with Crippen LogP contribution in [0.5, 0.6) is 0 Å². The Morgan fingerprint density at radius 3 is 2.43 bits per heavy atom. The molecule has 2 unspecified atom stereocenters. The Balaban J connectivity index is 2.42. The molecular weight excluding hydrogens is 191 g/mol. The zero-order valence-electron chi connectivity index (χ0n) is 8.60. The highest BCUT2D eigenvalue weighted by molar-refractivity contribution is 7.73. The zero-order chi connectivity index (χ0) is 10.2. The van der Waals surface area contributed by atoms with Crippen molar-refractivity contribution in [1.29, 1.82) is 0 Å². The summed E-state index contributed by atoms with van der Waals surface area (Å²) in [6.07, 6.45) is 2.86. The first-order chi connectivity index (χ1) is 6.64. The summed E-state index contributed by atoms with van der Waals surface area (Å²) < 4.78 is 12.7. The molecule has 1 aliphatic rings. The van der Waals surface area contributed by atoms with Gasteiger partial charge in [-0.15, -0.1) is 0 Å². The van der Waals surface area contributed by atoms with E-state index in [0.29, 0.717) is 0 Å². The third kappa shape index (κ3) is 1.36. The molecule has 0 aliphatic carbocycles. The predicted molar refractivity (Wildman–Crippen MR) is 61.8 cm³/mol. The highest BCUT2D eigenvalue weighted by Gasteiger charge is 2.35. The minimum atomic E-state index is -2.16. The van der Waals surface area contributed by atoms with Gasteiger partial charge in [-0.05, 0) is 6.92 Å². The van der Waals surface area contributed by atoms with E-state index in [1.165, 1.54) is 5.57 Å². The maximum absolute atomic E-state index is 12.7. The molecule has 74 valence electrons. The largest absolute Gasteiger partial charge is 0.318 e. The highest BCUT2D eigenvalue weighted by Crippen LogP contribution is 2.56. The maximum Gasteiger partial charge on any atom is 0.125 e. The van der Waals surface area contributed by atoms with E-state index in [0.717, 1.165) is 11.5 Å². The number of rotatable bonds is 1. The summed E-state index contributed by atoms with van der Waals surface area (Å²) in [5.74, 6) is 0. The van der Waals surface area contributed by atoms with E-state index in [1.54, 1.807) is 0 Å². The molecule has 0 spiro atoms. The standard InChI is InChI=1S/C12H15OP/c1-10-8-9-14(13,11(10)2)12-6-4-3-5-7-12/h3-8,11H,9H2,1-2H3. The van der Waals surface area contributed by atoms with Gasteiger partial charge in [0.05, 0.1) is 0 Å². The Labute approximate surface area is 85.2 Å². The number of hydrogen-bond donors (Lipinski definition) is 0. The SMILES string of the molecule is CC1=CCP(=O)(c2ccccc2)C1C. The van der Waals surface area contributed by atoms with E-state index in [1.807, 2.05) is 30.3 Å². The average Bonchev–Trinajstić information content (AvgIpc) is 2.49. The molecule has 0 radical (unpaired) electrons. The molecule has 0 N–H and O–H groups in total. The Hall–Kier alpha value is -0.810. The molecule has 1 nitrogen and oxygen atoms in total. The summed E-state index contributed by atoms with van der Waals surface area (Å²) >= 11 is 0. The average molecular weight is 206 g/mol. The van der Waals surface area contributed by atoms with Gasteiger partial charge in [0.1, 0.15) is 7.14 Å². The smallest absolute Gasteiger partial charge is 0.125 e. The lowest BCUT2D eigenvalue weighted by atomic mass is 10.2. The zero-order valence-corrected chi connectivity index (χ0v) is 9.50. The van der Waals surface area contributed by atoms with E-state index >= 15 is 0 Å². The Bertz CT molecular complexity index is 406. The van der Waals surface area contributed by atoms with Crippen molar-refractivity contribution in [3.63, 3.8) is 0 Å². The summed E-state index contributed by atoms with van der Waals surface area (Å²) in [7, 11) is -2.16. The van der Waals surface area contributed by atoms with Gasteiger partial charge in [0.15, 0.2) is 0 Å². The quantitative estimate of drug-likeness (QED) is 0.510. The van der Waals surface area contributed by atoms with Gasteiger partial charge in [-0.1, -0.05) is 48.9 Å². The van der Waals surface area contributed by atoms with Gasteiger partial charge >= 0.3 is 0 Å². The normalized spacial score (nSPS) is 31.6. The van der Waals surface area contributed by atoms with Crippen molar-refractivity contribution in [3.05, 3.63) is 42.0 Å². The van der Waals surface area contributed by atoms with Gasteiger partial charge in [-0.3, -0.25) is 0 Å². The summed E-state index contributed by atoms with van der Waals surface area (Å²) in [6, 6.07) is 9.88. The molecule has 0 saturated heterocycles. The van der Waals surface area contributed by atoms with Crippen molar-refractivity contribution in [2.45, 2.75) is 19.5 Å². The lowest BCUT2D eigenvalue weighted by Gasteiger charge is -2.18. The van der Waals surface area contributed by atoms with Crippen LogP contribution in [0.4, 0.5) is 0 Å². The van der Waals surface area contributed by atoms with Gasteiger partial charge in [-0.2, -0.15) is 0 Å². The molecular formula is C12H15OP. The molecule has 2 heteroatoms. The van der Waals surface area contributed by atoms with Gasteiger partial charge in [0.2, 0.25) is 0 Å². The minimum Gasteiger partial charge on any atom is -0.318 e. The fraction of sp³-hybridized carbons (Fsp3) is 0.333. The predicted octanol–water partition coefficient (Wildman–Crippen LogP) is 3.02. The lowest BCUT2D eigenvalue weighted by molar-refractivity contribution is 0.580. The molecule has 2 rings (SSSR count). The van der Waals surface area contributed by atoms with Gasteiger partial charge in [0.25, 0.3) is 0 Å². The van der Waals surface area contributed by atoms with Crippen LogP contribution in [-0.2, 0) is 4.57 Å². The summed E-state index contributed by atoms with van der Waals surface area (Å²) in [5.41, 5.74) is 1.50. The van der Waals surface area contributed by atoms with Gasteiger partial charge in [0, 0.05) is 17.1 Å². The van der Waals surface area contributed by atoms with Crippen LogP contribution in [0.2, 0.25) is 0 Å². The summed E-state index contributed by atoms with van der Waals surface area (Å²) in [5, 5.41) is 1.03. The molecule has 0 saturated carbocycles. The topological polar surface area (TPSA) is 17.1 Å². The fourth-order valence-electron chi connectivity index (χ4n) is 1.95. The van der Waals surface area contributed by atoms with Crippen LogP contribution in [0.25, 0.3) is 0 Å². The molecule has 1 heterocycles. The van der Waals surface area contributed by atoms with Gasteiger partial charge < -0.3 is 4.57 Å². The maximum atomic E-state index is 12.7. The third-order valence-electron chi connectivity index (χ3n) is 3.16. The Morgan fingerprint density at radius 1 is 1.29 bits per heavy atom. The second-order valence-corrected chi connectivity index (χ2v) is 7.19. The van der Waals surface area contributed by atoms with Crippen LogP contribution in [0.1, 0.15) is 13.8 Å².